The fourth-order valence-corrected chi connectivity index (χ4v) is 1.90. The van der Waals surface area contributed by atoms with Crippen molar-refractivity contribution in [2.75, 3.05) is 19.8 Å². The minimum absolute atomic E-state index is 0.335. The number of hydrogen-bond donors (Lipinski definition) is 1. The maximum Gasteiger partial charge on any atom is 0.226 e. The molecule has 0 radical (unpaired) electrons. The second-order valence-electron chi connectivity index (χ2n) is 4.82. The van der Waals surface area contributed by atoms with Crippen LogP contribution in [0.5, 0.6) is 0 Å². The lowest BCUT2D eigenvalue weighted by Crippen LogP contribution is -2.23. The Morgan fingerprint density at radius 3 is 3.06 bits per heavy atom. The molecular weight excluding hydrogens is 218 g/mol. The summed E-state index contributed by atoms with van der Waals surface area (Å²) in [5.41, 5.74) is 0. The van der Waals surface area contributed by atoms with E-state index in [2.05, 4.69) is 29.3 Å². The second kappa shape index (κ2) is 6.12. The third-order valence-electron chi connectivity index (χ3n) is 2.90. The highest BCUT2D eigenvalue weighted by Crippen LogP contribution is 2.22. The van der Waals surface area contributed by atoms with E-state index in [4.69, 9.17) is 9.26 Å². The molecule has 2 rings (SSSR count). The number of aryl methyl sites for hydroxylation is 1. The van der Waals surface area contributed by atoms with Crippen LogP contribution in [0.2, 0.25) is 0 Å². The van der Waals surface area contributed by atoms with Gasteiger partial charge in [0.2, 0.25) is 5.89 Å². The predicted molar refractivity (Wildman–Crippen MR) is 63.9 cm³/mol. The van der Waals surface area contributed by atoms with Gasteiger partial charge in [0.05, 0.1) is 6.61 Å². The first-order chi connectivity index (χ1) is 8.25. The van der Waals surface area contributed by atoms with Gasteiger partial charge in [-0.05, 0) is 19.4 Å². The highest BCUT2D eigenvalue weighted by atomic mass is 16.5. The molecule has 1 aliphatic heterocycles. The molecule has 0 amide bonds. The Bertz CT molecular complexity index is 332. The van der Waals surface area contributed by atoms with E-state index in [1.807, 2.05) is 0 Å². The van der Waals surface area contributed by atoms with Crippen molar-refractivity contribution in [3.8, 4) is 0 Å². The van der Waals surface area contributed by atoms with Crippen LogP contribution in [-0.2, 0) is 11.2 Å². The number of rotatable bonds is 6. The lowest BCUT2D eigenvalue weighted by Gasteiger charge is -2.05. The number of hydrogen-bond acceptors (Lipinski definition) is 5. The number of nitrogens with zero attached hydrogens (tertiary/aromatic N) is 2. The highest BCUT2D eigenvalue weighted by Gasteiger charge is 2.22. The zero-order valence-electron chi connectivity index (χ0n) is 10.6. The molecule has 5 heteroatoms. The van der Waals surface area contributed by atoms with E-state index in [9.17, 15) is 0 Å². The molecule has 5 nitrogen and oxygen atoms in total. The third kappa shape index (κ3) is 3.78. The summed E-state index contributed by atoms with van der Waals surface area (Å²) in [5.74, 6) is 1.90. The Balaban J connectivity index is 1.74. The Kier molecular flexibility index (Phi) is 4.50. The first-order valence-electron chi connectivity index (χ1n) is 6.39. The van der Waals surface area contributed by atoms with E-state index >= 15 is 0 Å². The lowest BCUT2D eigenvalue weighted by atomic mass is 10.1. The molecule has 17 heavy (non-hydrogen) atoms. The second-order valence-corrected chi connectivity index (χ2v) is 4.82. The van der Waals surface area contributed by atoms with E-state index in [0.29, 0.717) is 12.0 Å². The topological polar surface area (TPSA) is 60.2 Å². The van der Waals surface area contributed by atoms with Crippen LogP contribution in [0, 0.1) is 0 Å². The van der Waals surface area contributed by atoms with Crippen molar-refractivity contribution in [2.24, 2.45) is 0 Å². The van der Waals surface area contributed by atoms with Gasteiger partial charge in [-0.1, -0.05) is 19.0 Å². The summed E-state index contributed by atoms with van der Waals surface area (Å²) in [6.07, 6.45) is 2.88. The van der Waals surface area contributed by atoms with E-state index in [1.54, 1.807) is 0 Å². The molecule has 1 N–H and O–H groups in total. The Morgan fingerprint density at radius 1 is 1.47 bits per heavy atom. The van der Waals surface area contributed by atoms with E-state index in [0.717, 1.165) is 50.7 Å². The summed E-state index contributed by atoms with van der Waals surface area (Å²) in [5, 5.41) is 7.39. The maximum atomic E-state index is 5.31. The van der Waals surface area contributed by atoms with Crippen molar-refractivity contribution in [2.45, 2.75) is 45.1 Å². The number of aromatic nitrogens is 2. The fraction of sp³-hybridized carbons (Fsp3) is 0.833. The third-order valence-corrected chi connectivity index (χ3v) is 2.90. The predicted octanol–water partition coefficient (Wildman–Crippen LogP) is 1.50. The van der Waals surface area contributed by atoms with Crippen molar-refractivity contribution in [3.05, 3.63) is 11.7 Å². The normalized spacial score (nSPS) is 20.3. The fourth-order valence-electron chi connectivity index (χ4n) is 1.90. The van der Waals surface area contributed by atoms with Crippen LogP contribution >= 0.6 is 0 Å². The maximum absolute atomic E-state index is 5.31. The molecule has 1 atom stereocenters. The zero-order valence-corrected chi connectivity index (χ0v) is 10.6. The van der Waals surface area contributed by atoms with Crippen LogP contribution in [0.1, 0.15) is 44.3 Å². The smallest absolute Gasteiger partial charge is 0.226 e. The first kappa shape index (κ1) is 12.5. The van der Waals surface area contributed by atoms with Crippen LogP contribution in [-0.4, -0.2) is 35.9 Å². The summed E-state index contributed by atoms with van der Waals surface area (Å²) in [6, 6.07) is 0.531. The molecule has 1 fully saturated rings. The van der Waals surface area contributed by atoms with Crippen molar-refractivity contribution in [3.63, 3.8) is 0 Å². The van der Waals surface area contributed by atoms with Gasteiger partial charge in [0, 0.05) is 25.0 Å². The molecule has 2 heterocycles. The van der Waals surface area contributed by atoms with Gasteiger partial charge in [0.15, 0.2) is 5.82 Å². The Hall–Kier alpha value is -0.940. The van der Waals surface area contributed by atoms with E-state index < -0.39 is 0 Å². The van der Waals surface area contributed by atoms with Crippen molar-refractivity contribution >= 4 is 0 Å². The Labute approximate surface area is 102 Å². The summed E-state index contributed by atoms with van der Waals surface area (Å²) >= 11 is 0. The van der Waals surface area contributed by atoms with Crippen LogP contribution in [0.4, 0.5) is 0 Å². The highest BCUT2D eigenvalue weighted by molar-refractivity contribution is 4.97. The Morgan fingerprint density at radius 2 is 2.35 bits per heavy atom. The molecular formula is C12H21N3O2. The molecule has 1 aromatic rings. The van der Waals surface area contributed by atoms with Gasteiger partial charge >= 0.3 is 0 Å². The average molecular weight is 239 g/mol. The molecule has 0 aromatic carbocycles. The van der Waals surface area contributed by atoms with Crippen LogP contribution in [0.3, 0.4) is 0 Å². The van der Waals surface area contributed by atoms with Crippen LogP contribution < -0.4 is 5.32 Å². The molecule has 1 aromatic heterocycles. The van der Waals surface area contributed by atoms with Gasteiger partial charge in [0.25, 0.3) is 0 Å². The SMILES string of the molecule is CC(C)NCCCc1nc(C2CCOC2)no1. The molecule has 0 aliphatic carbocycles. The van der Waals surface area contributed by atoms with Crippen molar-refractivity contribution < 1.29 is 9.26 Å². The first-order valence-corrected chi connectivity index (χ1v) is 6.39. The largest absolute Gasteiger partial charge is 0.381 e. The molecule has 1 unspecified atom stereocenters. The molecule has 0 spiro atoms. The minimum Gasteiger partial charge on any atom is -0.381 e. The lowest BCUT2D eigenvalue weighted by molar-refractivity contribution is 0.192. The average Bonchev–Trinajstić information content (AvgIpc) is 2.94. The summed E-state index contributed by atoms with van der Waals surface area (Å²) in [7, 11) is 0. The molecule has 0 saturated carbocycles. The summed E-state index contributed by atoms with van der Waals surface area (Å²) < 4.78 is 10.6. The van der Waals surface area contributed by atoms with Gasteiger partial charge in [-0.25, -0.2) is 0 Å². The van der Waals surface area contributed by atoms with Gasteiger partial charge in [-0.2, -0.15) is 4.98 Å². The molecule has 96 valence electrons. The summed E-state index contributed by atoms with van der Waals surface area (Å²) in [4.78, 5) is 4.42. The monoisotopic (exact) mass is 239 g/mol. The van der Waals surface area contributed by atoms with Gasteiger partial charge in [-0.3, -0.25) is 0 Å². The van der Waals surface area contributed by atoms with Gasteiger partial charge in [-0.15, -0.1) is 0 Å². The quantitative estimate of drug-likeness (QED) is 0.762. The van der Waals surface area contributed by atoms with Gasteiger partial charge < -0.3 is 14.6 Å². The van der Waals surface area contributed by atoms with E-state index in [1.165, 1.54) is 0 Å². The minimum atomic E-state index is 0.335. The standard InChI is InChI=1S/C12H21N3O2/c1-9(2)13-6-3-4-11-14-12(15-17-11)10-5-7-16-8-10/h9-10,13H,3-8H2,1-2H3. The summed E-state index contributed by atoms with van der Waals surface area (Å²) in [6.45, 7) is 6.82. The van der Waals surface area contributed by atoms with Crippen LogP contribution in [0.25, 0.3) is 0 Å². The number of nitrogens with one attached hydrogen (secondary N) is 1. The zero-order chi connectivity index (χ0) is 12.1. The number of ether oxygens (including phenoxy) is 1. The molecule has 1 aliphatic rings. The van der Waals surface area contributed by atoms with Gasteiger partial charge in [0.1, 0.15) is 0 Å². The van der Waals surface area contributed by atoms with Crippen molar-refractivity contribution in [1.29, 1.82) is 0 Å². The van der Waals surface area contributed by atoms with E-state index in [-0.39, 0.29) is 0 Å². The molecule has 1 saturated heterocycles. The molecule has 0 bridgehead atoms. The van der Waals surface area contributed by atoms with Crippen molar-refractivity contribution in [1.82, 2.24) is 15.5 Å². The van der Waals surface area contributed by atoms with Crippen LogP contribution in [0.15, 0.2) is 4.52 Å².